The van der Waals surface area contributed by atoms with Crippen molar-refractivity contribution in [3.8, 4) is 5.69 Å². The maximum absolute atomic E-state index is 5.99. The van der Waals surface area contributed by atoms with Crippen LogP contribution in [-0.4, -0.2) is 9.78 Å². The van der Waals surface area contributed by atoms with Crippen LogP contribution in [0.15, 0.2) is 58.8 Å². The van der Waals surface area contributed by atoms with Gasteiger partial charge in [-0.25, -0.2) is 4.68 Å². The van der Waals surface area contributed by atoms with E-state index in [1.807, 2.05) is 48.9 Å². The van der Waals surface area contributed by atoms with E-state index in [4.69, 9.17) is 23.2 Å². The molecule has 0 amide bonds. The minimum atomic E-state index is 0.455. The summed E-state index contributed by atoms with van der Waals surface area (Å²) in [5.41, 5.74) is 4.13. The monoisotopic (exact) mass is 344 g/mol. The molecular formula is C17H14Cl2N4. The Morgan fingerprint density at radius 3 is 2.35 bits per heavy atom. The van der Waals surface area contributed by atoms with Gasteiger partial charge in [-0.05, 0) is 44.2 Å². The van der Waals surface area contributed by atoms with Gasteiger partial charge in [0.25, 0.3) is 0 Å². The molecule has 0 saturated carbocycles. The van der Waals surface area contributed by atoms with E-state index >= 15 is 0 Å². The van der Waals surface area contributed by atoms with E-state index in [0.717, 1.165) is 22.8 Å². The highest BCUT2D eigenvalue weighted by molar-refractivity contribution is 6.42. The molecule has 0 spiro atoms. The van der Waals surface area contributed by atoms with E-state index in [0.29, 0.717) is 15.7 Å². The fourth-order valence-electron chi connectivity index (χ4n) is 2.25. The molecule has 0 unspecified atom stereocenters. The first-order valence-corrected chi connectivity index (χ1v) is 7.80. The molecule has 0 fully saturated rings. The summed E-state index contributed by atoms with van der Waals surface area (Å²) in [7, 11) is 0. The molecule has 3 aromatic rings. The van der Waals surface area contributed by atoms with Crippen molar-refractivity contribution in [2.75, 3.05) is 0 Å². The summed E-state index contributed by atoms with van der Waals surface area (Å²) in [6.07, 6.45) is 0. The number of nitrogens with zero attached hydrogens (tertiary/aromatic N) is 4. The Labute approximate surface area is 144 Å². The average Bonchev–Trinajstić information content (AvgIpc) is 2.84. The van der Waals surface area contributed by atoms with E-state index in [9.17, 15) is 0 Å². The average molecular weight is 345 g/mol. The van der Waals surface area contributed by atoms with Crippen molar-refractivity contribution < 1.29 is 0 Å². The highest BCUT2D eigenvalue weighted by Crippen LogP contribution is 2.30. The Kier molecular flexibility index (Phi) is 4.46. The summed E-state index contributed by atoms with van der Waals surface area (Å²) in [6.45, 7) is 3.88. The number of aryl methyl sites for hydroxylation is 1. The van der Waals surface area contributed by atoms with Crippen molar-refractivity contribution in [3.63, 3.8) is 0 Å². The first-order valence-electron chi connectivity index (χ1n) is 7.04. The van der Waals surface area contributed by atoms with Crippen LogP contribution in [0.4, 0.5) is 11.4 Å². The van der Waals surface area contributed by atoms with E-state index in [-0.39, 0.29) is 0 Å². The second-order valence-corrected chi connectivity index (χ2v) is 5.88. The molecule has 0 saturated heterocycles. The standard InChI is InChI=1S/C17H14Cl2N4/c1-11-17(21-20-13-8-9-15(18)16(19)10-13)12(2)23(22-11)14-6-4-3-5-7-14/h3-10H,1-2H3. The molecule has 2 aromatic carbocycles. The minimum Gasteiger partial charge on any atom is -0.236 e. The molecular weight excluding hydrogens is 331 g/mol. The predicted molar refractivity (Wildman–Crippen MR) is 93.7 cm³/mol. The number of azo groups is 1. The van der Waals surface area contributed by atoms with Crippen LogP contribution in [0.3, 0.4) is 0 Å². The smallest absolute Gasteiger partial charge is 0.130 e. The molecule has 116 valence electrons. The Morgan fingerprint density at radius 2 is 1.65 bits per heavy atom. The van der Waals surface area contributed by atoms with Crippen LogP contribution in [0.5, 0.6) is 0 Å². The normalized spacial score (nSPS) is 11.3. The maximum Gasteiger partial charge on any atom is 0.130 e. The maximum atomic E-state index is 5.99. The molecule has 1 aromatic heterocycles. The number of aromatic nitrogens is 2. The molecule has 0 aliphatic rings. The third-order valence-corrected chi connectivity index (χ3v) is 4.16. The topological polar surface area (TPSA) is 42.5 Å². The van der Waals surface area contributed by atoms with Gasteiger partial charge >= 0.3 is 0 Å². The SMILES string of the molecule is Cc1nn(-c2ccccc2)c(C)c1N=Nc1ccc(Cl)c(Cl)c1. The number of hydrogen-bond acceptors (Lipinski definition) is 3. The third-order valence-electron chi connectivity index (χ3n) is 3.42. The Balaban J connectivity index is 1.96. The molecule has 23 heavy (non-hydrogen) atoms. The molecule has 0 aliphatic carbocycles. The van der Waals surface area contributed by atoms with E-state index < -0.39 is 0 Å². The number of hydrogen-bond donors (Lipinski definition) is 0. The van der Waals surface area contributed by atoms with Crippen LogP contribution < -0.4 is 0 Å². The second-order valence-electron chi connectivity index (χ2n) is 5.07. The zero-order valence-electron chi connectivity index (χ0n) is 12.7. The van der Waals surface area contributed by atoms with Gasteiger partial charge in [0, 0.05) is 0 Å². The third kappa shape index (κ3) is 3.28. The molecule has 1 heterocycles. The Morgan fingerprint density at radius 1 is 0.913 bits per heavy atom. The quantitative estimate of drug-likeness (QED) is 0.520. The summed E-state index contributed by atoms with van der Waals surface area (Å²) >= 11 is 11.9. The predicted octanol–water partition coefficient (Wildman–Crippen LogP) is 6.21. The number of halogens is 2. The van der Waals surface area contributed by atoms with Gasteiger partial charge in [0.2, 0.25) is 0 Å². The summed E-state index contributed by atoms with van der Waals surface area (Å²) in [5, 5.41) is 14.1. The highest BCUT2D eigenvalue weighted by Gasteiger charge is 2.12. The Bertz CT molecular complexity index is 870. The summed E-state index contributed by atoms with van der Waals surface area (Å²) < 4.78 is 1.86. The molecule has 0 aliphatic heterocycles. The molecule has 0 radical (unpaired) electrons. The van der Waals surface area contributed by atoms with Crippen LogP contribution in [-0.2, 0) is 0 Å². The van der Waals surface area contributed by atoms with Gasteiger partial charge in [-0.2, -0.15) is 10.2 Å². The second kappa shape index (κ2) is 6.52. The van der Waals surface area contributed by atoms with Crippen molar-refractivity contribution in [2.24, 2.45) is 10.2 Å². The summed E-state index contributed by atoms with van der Waals surface area (Å²) in [5.74, 6) is 0. The largest absolute Gasteiger partial charge is 0.236 e. The van der Waals surface area contributed by atoms with Gasteiger partial charge in [-0.15, -0.1) is 5.11 Å². The lowest BCUT2D eigenvalue weighted by Crippen LogP contribution is -1.98. The van der Waals surface area contributed by atoms with Crippen molar-refractivity contribution in [3.05, 3.63) is 70.0 Å². The van der Waals surface area contributed by atoms with Gasteiger partial charge in [0.15, 0.2) is 0 Å². The fraction of sp³-hybridized carbons (Fsp3) is 0.118. The molecule has 0 bridgehead atoms. The lowest BCUT2D eigenvalue weighted by atomic mass is 10.3. The highest BCUT2D eigenvalue weighted by atomic mass is 35.5. The molecule has 0 N–H and O–H groups in total. The summed E-state index contributed by atoms with van der Waals surface area (Å²) in [4.78, 5) is 0. The van der Waals surface area contributed by atoms with E-state index in [1.165, 1.54) is 0 Å². The molecule has 3 rings (SSSR count). The number of para-hydroxylation sites is 1. The first-order chi connectivity index (χ1) is 11.1. The number of benzene rings is 2. The lowest BCUT2D eigenvalue weighted by Gasteiger charge is -2.03. The van der Waals surface area contributed by atoms with Crippen molar-refractivity contribution in [2.45, 2.75) is 13.8 Å². The van der Waals surface area contributed by atoms with Gasteiger partial charge < -0.3 is 0 Å². The molecule has 4 nitrogen and oxygen atoms in total. The van der Waals surface area contributed by atoms with Crippen LogP contribution in [0, 0.1) is 13.8 Å². The fourth-order valence-corrected chi connectivity index (χ4v) is 2.55. The zero-order valence-corrected chi connectivity index (χ0v) is 14.2. The molecule has 0 atom stereocenters. The number of rotatable bonds is 3. The molecule has 6 heteroatoms. The first kappa shape index (κ1) is 15.7. The minimum absolute atomic E-state index is 0.455. The van der Waals surface area contributed by atoms with Crippen LogP contribution in [0.2, 0.25) is 10.0 Å². The van der Waals surface area contributed by atoms with Crippen LogP contribution in [0.1, 0.15) is 11.4 Å². The van der Waals surface area contributed by atoms with E-state index in [2.05, 4.69) is 15.3 Å². The Hall–Kier alpha value is -2.17. The lowest BCUT2D eigenvalue weighted by molar-refractivity contribution is 0.833. The van der Waals surface area contributed by atoms with Crippen LogP contribution >= 0.6 is 23.2 Å². The van der Waals surface area contributed by atoms with Crippen molar-refractivity contribution in [1.82, 2.24) is 9.78 Å². The van der Waals surface area contributed by atoms with Gasteiger partial charge in [-0.3, -0.25) is 0 Å². The van der Waals surface area contributed by atoms with Crippen molar-refractivity contribution in [1.29, 1.82) is 0 Å². The van der Waals surface area contributed by atoms with Gasteiger partial charge in [-0.1, -0.05) is 41.4 Å². The van der Waals surface area contributed by atoms with Crippen LogP contribution in [0.25, 0.3) is 5.69 Å². The van der Waals surface area contributed by atoms with E-state index in [1.54, 1.807) is 18.2 Å². The zero-order chi connectivity index (χ0) is 16.4. The van der Waals surface area contributed by atoms with Crippen molar-refractivity contribution >= 4 is 34.6 Å². The van der Waals surface area contributed by atoms with Gasteiger partial charge in [0.05, 0.1) is 32.8 Å². The summed E-state index contributed by atoms with van der Waals surface area (Å²) in [6, 6.07) is 15.1. The van der Waals surface area contributed by atoms with Gasteiger partial charge in [0.1, 0.15) is 5.69 Å².